The minimum absolute atomic E-state index is 0.274. The second-order valence-corrected chi connectivity index (χ2v) is 2.52. The summed E-state index contributed by atoms with van der Waals surface area (Å²) in [5, 5.41) is 0. The van der Waals surface area contributed by atoms with Crippen molar-refractivity contribution < 1.29 is 22.7 Å². The second-order valence-electron chi connectivity index (χ2n) is 2.52. The van der Waals surface area contributed by atoms with Gasteiger partial charge in [-0.25, -0.2) is 4.98 Å². The number of pyridine rings is 1. The highest BCUT2D eigenvalue weighted by Gasteiger charge is 2.31. The maximum absolute atomic E-state index is 11.7. The monoisotopic (exact) mass is 221 g/mol. The first-order chi connectivity index (χ1) is 6.79. The highest BCUT2D eigenvalue weighted by atomic mass is 19.4. The Morgan fingerprint density at radius 1 is 1.47 bits per heavy atom. The molecule has 0 aromatic carbocycles. The van der Waals surface area contributed by atoms with E-state index in [1.165, 1.54) is 0 Å². The summed E-state index contributed by atoms with van der Waals surface area (Å²) in [6.45, 7) is 0. The van der Waals surface area contributed by atoms with Gasteiger partial charge in [0, 0.05) is 6.07 Å². The lowest BCUT2D eigenvalue weighted by Crippen LogP contribution is -2.19. The van der Waals surface area contributed by atoms with Crippen LogP contribution in [0.1, 0.15) is 10.5 Å². The van der Waals surface area contributed by atoms with Crippen LogP contribution in [-0.2, 0) is 0 Å². The number of hydrogen-bond acceptors (Lipinski definition) is 4. The van der Waals surface area contributed by atoms with Gasteiger partial charge in [-0.2, -0.15) is 0 Å². The molecular weight excluding hydrogens is 215 g/mol. The van der Waals surface area contributed by atoms with E-state index in [0.29, 0.717) is 6.20 Å². The Labute approximate surface area is 81.8 Å². The number of rotatable bonds is 2. The van der Waals surface area contributed by atoms with Crippen molar-refractivity contribution in [2.24, 2.45) is 5.73 Å². The number of nitrogen functional groups attached to an aromatic ring is 1. The average molecular weight is 221 g/mol. The zero-order valence-electron chi connectivity index (χ0n) is 7.21. The fourth-order valence-corrected chi connectivity index (χ4v) is 0.857. The number of ether oxygens (including phenoxy) is 1. The first-order valence-electron chi connectivity index (χ1n) is 3.60. The van der Waals surface area contributed by atoms with Crippen molar-refractivity contribution in [2.75, 3.05) is 5.73 Å². The molecule has 1 amide bonds. The Kier molecular flexibility index (Phi) is 2.69. The number of anilines is 1. The minimum atomic E-state index is -4.83. The highest BCUT2D eigenvalue weighted by molar-refractivity contribution is 5.95. The summed E-state index contributed by atoms with van der Waals surface area (Å²) in [7, 11) is 0. The van der Waals surface area contributed by atoms with Crippen LogP contribution in [0.2, 0.25) is 0 Å². The summed E-state index contributed by atoms with van der Waals surface area (Å²) in [5.74, 6) is -1.53. The molecule has 0 radical (unpaired) electrons. The average Bonchev–Trinajstić information content (AvgIpc) is 1.99. The number of nitrogens with zero attached hydrogens (tertiary/aromatic N) is 1. The van der Waals surface area contributed by atoms with E-state index >= 15 is 0 Å². The minimum Gasteiger partial charge on any atom is -0.404 e. The summed E-state index contributed by atoms with van der Waals surface area (Å²) in [6.07, 6.45) is -4.12. The first-order valence-corrected chi connectivity index (χ1v) is 3.60. The predicted octanol–water partition coefficient (Wildman–Crippen LogP) is 0.661. The summed E-state index contributed by atoms with van der Waals surface area (Å²) in [4.78, 5) is 14.0. The molecule has 0 fully saturated rings. The van der Waals surface area contributed by atoms with Crippen molar-refractivity contribution in [3.63, 3.8) is 0 Å². The van der Waals surface area contributed by atoms with Gasteiger partial charge in [-0.3, -0.25) is 4.79 Å². The number of aromatic nitrogens is 1. The van der Waals surface area contributed by atoms with Gasteiger partial charge in [0.15, 0.2) is 5.69 Å². The van der Waals surface area contributed by atoms with Crippen molar-refractivity contribution in [1.29, 1.82) is 0 Å². The van der Waals surface area contributed by atoms with Gasteiger partial charge in [0.2, 0.25) is 0 Å². The standard InChI is InChI=1S/C7H6F3N3O2/c8-7(9,10)15-3-1-4(11)5(6(12)14)13-2-3/h1-2H,11H2,(H2,12,14). The van der Waals surface area contributed by atoms with E-state index < -0.39 is 18.0 Å². The molecule has 0 saturated heterocycles. The Bertz CT molecular complexity index is 392. The Hall–Kier alpha value is -1.99. The summed E-state index contributed by atoms with van der Waals surface area (Å²) >= 11 is 0. The maximum Gasteiger partial charge on any atom is 0.573 e. The summed E-state index contributed by atoms with van der Waals surface area (Å²) < 4.78 is 38.8. The van der Waals surface area contributed by atoms with Gasteiger partial charge in [-0.1, -0.05) is 0 Å². The number of hydrogen-bond donors (Lipinski definition) is 2. The zero-order chi connectivity index (χ0) is 11.6. The molecule has 0 aliphatic carbocycles. The topological polar surface area (TPSA) is 91.2 Å². The van der Waals surface area contributed by atoms with Crippen LogP contribution in [-0.4, -0.2) is 17.3 Å². The quantitative estimate of drug-likeness (QED) is 0.767. The van der Waals surface area contributed by atoms with Gasteiger partial charge in [0.25, 0.3) is 5.91 Å². The van der Waals surface area contributed by atoms with Gasteiger partial charge in [0.05, 0.1) is 11.9 Å². The number of carbonyl (C=O) groups excluding carboxylic acids is 1. The predicted molar refractivity (Wildman–Crippen MR) is 43.9 cm³/mol. The fraction of sp³-hybridized carbons (Fsp3) is 0.143. The van der Waals surface area contributed by atoms with Crippen LogP contribution >= 0.6 is 0 Å². The fourth-order valence-electron chi connectivity index (χ4n) is 0.857. The number of nitrogens with two attached hydrogens (primary N) is 2. The first kappa shape index (κ1) is 11.1. The molecule has 5 nitrogen and oxygen atoms in total. The molecule has 82 valence electrons. The van der Waals surface area contributed by atoms with Crippen LogP contribution in [0.25, 0.3) is 0 Å². The Morgan fingerprint density at radius 3 is 2.47 bits per heavy atom. The third-order valence-electron chi connectivity index (χ3n) is 1.36. The van der Waals surface area contributed by atoms with E-state index in [1.807, 2.05) is 0 Å². The molecule has 8 heteroatoms. The number of alkyl halides is 3. The molecule has 0 unspecified atom stereocenters. The lowest BCUT2D eigenvalue weighted by atomic mass is 10.3. The van der Waals surface area contributed by atoms with Crippen molar-refractivity contribution in [3.8, 4) is 5.75 Å². The third kappa shape index (κ3) is 3.01. The number of amides is 1. The van der Waals surface area contributed by atoms with E-state index in [9.17, 15) is 18.0 Å². The molecule has 1 aromatic rings. The Morgan fingerprint density at radius 2 is 2.07 bits per heavy atom. The molecule has 0 atom stereocenters. The number of halogens is 3. The molecule has 1 rings (SSSR count). The van der Waals surface area contributed by atoms with Crippen molar-refractivity contribution in [1.82, 2.24) is 4.98 Å². The molecule has 15 heavy (non-hydrogen) atoms. The zero-order valence-corrected chi connectivity index (χ0v) is 7.21. The van der Waals surface area contributed by atoms with Crippen LogP contribution < -0.4 is 16.2 Å². The van der Waals surface area contributed by atoms with Crippen molar-refractivity contribution >= 4 is 11.6 Å². The Balaban J connectivity index is 2.97. The van der Waals surface area contributed by atoms with Gasteiger partial charge < -0.3 is 16.2 Å². The second kappa shape index (κ2) is 3.64. The lowest BCUT2D eigenvalue weighted by molar-refractivity contribution is -0.274. The van der Waals surface area contributed by atoms with E-state index in [-0.39, 0.29) is 11.4 Å². The van der Waals surface area contributed by atoms with Crippen molar-refractivity contribution in [2.45, 2.75) is 6.36 Å². The van der Waals surface area contributed by atoms with E-state index in [1.54, 1.807) is 0 Å². The lowest BCUT2D eigenvalue weighted by Gasteiger charge is -2.09. The molecule has 1 heterocycles. The molecule has 4 N–H and O–H groups in total. The summed E-state index contributed by atoms with van der Waals surface area (Å²) in [5.41, 5.74) is 9.50. The molecule has 1 aromatic heterocycles. The van der Waals surface area contributed by atoms with Crippen molar-refractivity contribution in [3.05, 3.63) is 18.0 Å². The van der Waals surface area contributed by atoms with E-state index in [4.69, 9.17) is 11.5 Å². The van der Waals surface area contributed by atoms with Crippen LogP contribution in [0, 0.1) is 0 Å². The number of primary amides is 1. The molecular formula is C7H6F3N3O2. The number of carbonyl (C=O) groups is 1. The normalized spacial score (nSPS) is 11.1. The van der Waals surface area contributed by atoms with E-state index in [2.05, 4.69) is 9.72 Å². The highest BCUT2D eigenvalue weighted by Crippen LogP contribution is 2.24. The SMILES string of the molecule is NC(=O)c1ncc(OC(F)(F)F)cc1N. The van der Waals surface area contributed by atoms with E-state index in [0.717, 1.165) is 6.07 Å². The smallest absolute Gasteiger partial charge is 0.404 e. The van der Waals surface area contributed by atoms with Crippen LogP contribution in [0.15, 0.2) is 12.3 Å². The molecule has 0 bridgehead atoms. The summed E-state index contributed by atoms with van der Waals surface area (Å²) in [6, 6.07) is 0.820. The molecule has 0 saturated carbocycles. The van der Waals surface area contributed by atoms with Gasteiger partial charge in [-0.15, -0.1) is 13.2 Å². The van der Waals surface area contributed by atoms with Crippen LogP contribution in [0.5, 0.6) is 5.75 Å². The van der Waals surface area contributed by atoms with Crippen LogP contribution in [0.3, 0.4) is 0 Å². The van der Waals surface area contributed by atoms with Gasteiger partial charge in [0.1, 0.15) is 5.75 Å². The molecule has 0 spiro atoms. The molecule has 0 aliphatic heterocycles. The third-order valence-corrected chi connectivity index (χ3v) is 1.36. The largest absolute Gasteiger partial charge is 0.573 e. The van der Waals surface area contributed by atoms with Gasteiger partial charge in [-0.05, 0) is 0 Å². The maximum atomic E-state index is 11.7. The van der Waals surface area contributed by atoms with Gasteiger partial charge >= 0.3 is 6.36 Å². The van der Waals surface area contributed by atoms with Crippen LogP contribution in [0.4, 0.5) is 18.9 Å². The molecule has 0 aliphatic rings.